The SMILES string of the molecule is COc1ccc(S(=O)(=O)Nc2ccccc2-c2csc(C)n2)c(OC)c1. The van der Waals surface area contributed by atoms with Crippen LogP contribution in [0.15, 0.2) is 52.7 Å². The van der Waals surface area contributed by atoms with E-state index < -0.39 is 10.0 Å². The maximum Gasteiger partial charge on any atom is 0.265 e. The summed E-state index contributed by atoms with van der Waals surface area (Å²) >= 11 is 1.51. The minimum Gasteiger partial charge on any atom is -0.497 e. The number of nitrogens with zero attached hydrogens (tertiary/aromatic N) is 1. The minimum absolute atomic E-state index is 0.0325. The number of anilines is 1. The number of rotatable bonds is 6. The van der Waals surface area contributed by atoms with Crippen LogP contribution in [0, 0.1) is 6.92 Å². The van der Waals surface area contributed by atoms with Gasteiger partial charge < -0.3 is 9.47 Å². The summed E-state index contributed by atoms with van der Waals surface area (Å²) in [6, 6.07) is 11.7. The smallest absolute Gasteiger partial charge is 0.265 e. The van der Waals surface area contributed by atoms with Gasteiger partial charge in [0.05, 0.1) is 30.6 Å². The molecule has 0 amide bonds. The van der Waals surface area contributed by atoms with E-state index in [0.29, 0.717) is 17.0 Å². The summed E-state index contributed by atoms with van der Waals surface area (Å²) in [5.74, 6) is 0.720. The highest BCUT2D eigenvalue weighted by Gasteiger charge is 2.22. The van der Waals surface area contributed by atoms with E-state index in [-0.39, 0.29) is 10.6 Å². The van der Waals surface area contributed by atoms with Gasteiger partial charge in [0, 0.05) is 17.0 Å². The molecule has 0 fully saturated rings. The van der Waals surface area contributed by atoms with Crippen LogP contribution < -0.4 is 14.2 Å². The van der Waals surface area contributed by atoms with Gasteiger partial charge >= 0.3 is 0 Å². The Morgan fingerprint density at radius 2 is 1.85 bits per heavy atom. The lowest BCUT2D eigenvalue weighted by Crippen LogP contribution is -2.14. The molecule has 6 nitrogen and oxygen atoms in total. The van der Waals surface area contributed by atoms with E-state index >= 15 is 0 Å². The molecule has 3 aromatic rings. The Bertz CT molecular complexity index is 1030. The number of aromatic nitrogens is 1. The Balaban J connectivity index is 2.02. The lowest BCUT2D eigenvalue weighted by Gasteiger charge is -2.14. The summed E-state index contributed by atoms with van der Waals surface area (Å²) in [6.07, 6.45) is 0. The second kappa shape index (κ2) is 7.35. The molecule has 0 atom stereocenters. The fraction of sp³-hybridized carbons (Fsp3) is 0.167. The van der Waals surface area contributed by atoms with Crippen molar-refractivity contribution in [1.82, 2.24) is 4.98 Å². The van der Waals surface area contributed by atoms with Crippen LogP contribution in [0.2, 0.25) is 0 Å². The first-order chi connectivity index (χ1) is 12.4. The molecular formula is C18H18N2O4S2. The summed E-state index contributed by atoms with van der Waals surface area (Å²) in [4.78, 5) is 4.48. The van der Waals surface area contributed by atoms with Crippen LogP contribution in [-0.2, 0) is 10.0 Å². The topological polar surface area (TPSA) is 77.5 Å². The number of aryl methyl sites for hydroxylation is 1. The van der Waals surface area contributed by atoms with Crippen molar-refractivity contribution in [2.75, 3.05) is 18.9 Å². The van der Waals surface area contributed by atoms with Crippen molar-refractivity contribution >= 4 is 27.0 Å². The van der Waals surface area contributed by atoms with Crippen LogP contribution in [0.25, 0.3) is 11.3 Å². The molecule has 0 aliphatic heterocycles. The second-order valence-electron chi connectivity index (χ2n) is 5.42. The number of nitrogens with one attached hydrogen (secondary N) is 1. The predicted molar refractivity (Wildman–Crippen MR) is 103 cm³/mol. The molecule has 1 N–H and O–H groups in total. The third-order valence-electron chi connectivity index (χ3n) is 3.73. The van der Waals surface area contributed by atoms with Gasteiger partial charge in [0.25, 0.3) is 10.0 Å². The molecule has 0 radical (unpaired) electrons. The van der Waals surface area contributed by atoms with E-state index in [1.807, 2.05) is 24.4 Å². The summed E-state index contributed by atoms with van der Waals surface area (Å²) in [5, 5.41) is 2.81. The van der Waals surface area contributed by atoms with Crippen molar-refractivity contribution in [3.8, 4) is 22.8 Å². The molecule has 0 spiro atoms. The van der Waals surface area contributed by atoms with Crippen LogP contribution in [0.5, 0.6) is 11.5 Å². The van der Waals surface area contributed by atoms with E-state index in [2.05, 4.69) is 9.71 Å². The minimum atomic E-state index is -3.86. The van der Waals surface area contributed by atoms with Gasteiger partial charge in [-0.1, -0.05) is 18.2 Å². The zero-order chi connectivity index (χ0) is 18.7. The fourth-order valence-electron chi connectivity index (χ4n) is 2.48. The van der Waals surface area contributed by atoms with Gasteiger partial charge in [-0.3, -0.25) is 4.72 Å². The maximum absolute atomic E-state index is 12.9. The normalized spacial score (nSPS) is 11.2. The Morgan fingerprint density at radius 3 is 2.50 bits per heavy atom. The molecule has 0 saturated heterocycles. The van der Waals surface area contributed by atoms with Crippen molar-refractivity contribution in [3.05, 3.63) is 52.9 Å². The standard InChI is InChI=1S/C18H18N2O4S2/c1-12-19-16(11-25-12)14-6-4-5-7-15(14)20-26(21,22)18-9-8-13(23-2)10-17(18)24-3/h4-11,20H,1-3H3. The fourth-order valence-corrected chi connectivity index (χ4v) is 4.32. The highest BCUT2D eigenvalue weighted by molar-refractivity contribution is 7.92. The molecule has 26 heavy (non-hydrogen) atoms. The number of hydrogen-bond acceptors (Lipinski definition) is 6. The number of thiazole rings is 1. The summed E-state index contributed by atoms with van der Waals surface area (Å²) in [5.41, 5.74) is 1.90. The van der Waals surface area contributed by atoms with Gasteiger partial charge in [0.1, 0.15) is 16.4 Å². The van der Waals surface area contributed by atoms with Gasteiger partial charge in [-0.05, 0) is 25.1 Å². The monoisotopic (exact) mass is 390 g/mol. The summed E-state index contributed by atoms with van der Waals surface area (Å²) < 4.78 is 38.8. The average Bonchev–Trinajstić information content (AvgIpc) is 3.07. The number of sulfonamides is 1. The highest BCUT2D eigenvalue weighted by atomic mass is 32.2. The first-order valence-corrected chi connectivity index (χ1v) is 10.1. The molecular weight excluding hydrogens is 372 g/mol. The maximum atomic E-state index is 12.9. The highest BCUT2D eigenvalue weighted by Crippen LogP contribution is 2.33. The van der Waals surface area contributed by atoms with Crippen LogP contribution in [0.1, 0.15) is 5.01 Å². The van der Waals surface area contributed by atoms with E-state index in [1.165, 1.54) is 37.7 Å². The first kappa shape index (κ1) is 18.2. The van der Waals surface area contributed by atoms with Gasteiger partial charge in [0.2, 0.25) is 0 Å². The van der Waals surface area contributed by atoms with Crippen LogP contribution in [0.3, 0.4) is 0 Å². The summed E-state index contributed by atoms with van der Waals surface area (Å²) in [7, 11) is -0.936. The van der Waals surface area contributed by atoms with Crippen LogP contribution in [0.4, 0.5) is 5.69 Å². The van der Waals surface area contributed by atoms with Gasteiger partial charge in [-0.2, -0.15) is 0 Å². The number of methoxy groups -OCH3 is 2. The molecule has 136 valence electrons. The zero-order valence-corrected chi connectivity index (χ0v) is 16.1. The molecule has 8 heteroatoms. The van der Waals surface area contributed by atoms with Crippen LogP contribution >= 0.6 is 11.3 Å². The average molecular weight is 390 g/mol. The van der Waals surface area contributed by atoms with Crippen LogP contribution in [-0.4, -0.2) is 27.6 Å². The molecule has 1 aromatic heterocycles. The Hall–Kier alpha value is -2.58. The quantitative estimate of drug-likeness (QED) is 0.690. The Kier molecular flexibility index (Phi) is 5.15. The first-order valence-electron chi connectivity index (χ1n) is 7.71. The molecule has 0 saturated carbocycles. The van der Waals surface area contributed by atoms with Crippen molar-refractivity contribution in [2.45, 2.75) is 11.8 Å². The largest absolute Gasteiger partial charge is 0.497 e. The Morgan fingerprint density at radius 1 is 1.08 bits per heavy atom. The molecule has 0 aliphatic carbocycles. The third kappa shape index (κ3) is 3.66. The van der Waals surface area contributed by atoms with Gasteiger partial charge in [0.15, 0.2) is 0 Å². The molecule has 0 aliphatic rings. The van der Waals surface area contributed by atoms with Crippen molar-refractivity contribution in [3.63, 3.8) is 0 Å². The van der Waals surface area contributed by atoms with Gasteiger partial charge in [-0.15, -0.1) is 11.3 Å². The van der Waals surface area contributed by atoms with E-state index in [9.17, 15) is 8.42 Å². The number of hydrogen-bond donors (Lipinski definition) is 1. The molecule has 0 bridgehead atoms. The third-order valence-corrected chi connectivity index (χ3v) is 5.91. The van der Waals surface area contributed by atoms with Crippen molar-refractivity contribution in [2.24, 2.45) is 0 Å². The predicted octanol–water partition coefficient (Wildman–Crippen LogP) is 3.94. The number of para-hydroxylation sites is 1. The van der Waals surface area contributed by atoms with E-state index in [1.54, 1.807) is 18.2 Å². The van der Waals surface area contributed by atoms with Gasteiger partial charge in [-0.25, -0.2) is 13.4 Å². The molecule has 1 heterocycles. The van der Waals surface area contributed by atoms with Crippen molar-refractivity contribution < 1.29 is 17.9 Å². The molecule has 0 unspecified atom stereocenters. The number of benzene rings is 2. The lowest BCUT2D eigenvalue weighted by molar-refractivity contribution is 0.386. The Labute approximate surface area is 156 Å². The molecule has 2 aromatic carbocycles. The van der Waals surface area contributed by atoms with E-state index in [4.69, 9.17) is 9.47 Å². The number of ether oxygens (including phenoxy) is 2. The lowest BCUT2D eigenvalue weighted by atomic mass is 10.1. The second-order valence-corrected chi connectivity index (χ2v) is 8.13. The molecule has 3 rings (SSSR count). The van der Waals surface area contributed by atoms with Crippen molar-refractivity contribution in [1.29, 1.82) is 0 Å². The van der Waals surface area contributed by atoms with E-state index in [0.717, 1.165) is 10.7 Å². The summed E-state index contributed by atoms with van der Waals surface area (Å²) in [6.45, 7) is 1.91. The zero-order valence-electron chi connectivity index (χ0n) is 14.5.